The first kappa shape index (κ1) is 21.9. The van der Waals surface area contributed by atoms with E-state index in [0.29, 0.717) is 25.3 Å². The Morgan fingerprint density at radius 3 is 2.86 bits per heavy atom. The van der Waals surface area contributed by atoms with Gasteiger partial charge in [-0.3, -0.25) is 4.99 Å². The number of esters is 1. The first-order chi connectivity index (χ1) is 14.0. The van der Waals surface area contributed by atoms with Crippen molar-refractivity contribution in [3.8, 4) is 0 Å². The van der Waals surface area contributed by atoms with Gasteiger partial charge >= 0.3 is 5.97 Å². The predicted molar refractivity (Wildman–Crippen MR) is 118 cm³/mol. The summed E-state index contributed by atoms with van der Waals surface area (Å²) < 4.78 is 20.2. The molecular formula is C19H20BrFN4O2S2. The summed E-state index contributed by atoms with van der Waals surface area (Å²) in [5, 5.41) is 2.83. The number of aromatic nitrogens is 1. The molecule has 10 heteroatoms. The van der Waals surface area contributed by atoms with Gasteiger partial charge in [-0.1, -0.05) is 33.9 Å². The Kier molecular flexibility index (Phi) is 7.82. The third-order valence-electron chi connectivity index (χ3n) is 4.03. The van der Waals surface area contributed by atoms with Gasteiger partial charge in [0.15, 0.2) is 10.8 Å². The van der Waals surface area contributed by atoms with Crippen molar-refractivity contribution < 1.29 is 13.9 Å². The van der Waals surface area contributed by atoms with E-state index in [-0.39, 0.29) is 11.8 Å². The van der Waals surface area contributed by atoms with Gasteiger partial charge in [-0.25, -0.2) is 18.5 Å². The lowest BCUT2D eigenvalue weighted by Gasteiger charge is -2.38. The summed E-state index contributed by atoms with van der Waals surface area (Å²) in [6.45, 7) is 3.25. The highest BCUT2D eigenvalue weighted by atomic mass is 79.9. The molecular weight excluding hydrogens is 479 g/mol. The molecule has 154 valence electrons. The van der Waals surface area contributed by atoms with Crippen molar-refractivity contribution >= 4 is 51.0 Å². The number of nitrogens with zero attached hydrogens (tertiary/aromatic N) is 4. The van der Waals surface area contributed by atoms with Crippen molar-refractivity contribution in [1.82, 2.24) is 14.2 Å². The number of hydrogen-bond donors (Lipinski definition) is 0. The van der Waals surface area contributed by atoms with Gasteiger partial charge in [0.25, 0.3) is 0 Å². The number of ether oxygens (including phenoxy) is 1. The van der Waals surface area contributed by atoms with Crippen LogP contribution in [0.15, 0.2) is 56.6 Å². The monoisotopic (exact) mass is 498 g/mol. The molecule has 0 radical (unpaired) electrons. The number of rotatable bonds is 3. The van der Waals surface area contributed by atoms with E-state index in [1.54, 1.807) is 41.6 Å². The van der Waals surface area contributed by atoms with E-state index >= 15 is 0 Å². The number of halogens is 2. The molecule has 0 saturated carbocycles. The molecule has 29 heavy (non-hydrogen) atoms. The molecule has 0 N–H and O–H groups in total. The zero-order valence-electron chi connectivity index (χ0n) is 16.0. The van der Waals surface area contributed by atoms with Gasteiger partial charge in [0.05, 0.1) is 24.6 Å². The Bertz CT molecular complexity index is 903. The highest BCUT2D eigenvalue weighted by Crippen LogP contribution is 2.30. The number of likely N-dealkylation sites (N-methyl/N-ethyl adjacent to an activating group) is 1. The molecule has 0 aliphatic carbocycles. The van der Waals surface area contributed by atoms with Crippen LogP contribution in [0.3, 0.4) is 0 Å². The summed E-state index contributed by atoms with van der Waals surface area (Å²) in [5.74, 6) is 1.11. The van der Waals surface area contributed by atoms with Gasteiger partial charge in [0.2, 0.25) is 0 Å². The zero-order valence-corrected chi connectivity index (χ0v) is 19.2. The minimum Gasteiger partial charge on any atom is -0.463 e. The zero-order chi connectivity index (χ0) is 20.8. The SMILES string of the molecule is CCOC(=O)C1=C2CN(C)SCN2C(c2nccs2)=NC1.Fc1cccc(Br)c1. The Morgan fingerprint density at radius 2 is 2.24 bits per heavy atom. The predicted octanol–water partition coefficient (Wildman–Crippen LogP) is 4.16. The van der Waals surface area contributed by atoms with E-state index in [2.05, 4.69) is 35.1 Å². The fraction of sp³-hybridized carbons (Fsp3) is 0.316. The van der Waals surface area contributed by atoms with Crippen LogP contribution in [0.25, 0.3) is 0 Å². The summed E-state index contributed by atoms with van der Waals surface area (Å²) in [5.41, 5.74) is 1.64. The molecule has 2 aliphatic heterocycles. The van der Waals surface area contributed by atoms with Crippen LogP contribution in [-0.4, -0.2) is 58.6 Å². The summed E-state index contributed by atoms with van der Waals surface area (Å²) >= 11 is 6.38. The van der Waals surface area contributed by atoms with Crippen LogP contribution in [-0.2, 0) is 9.53 Å². The fourth-order valence-corrected chi connectivity index (χ4v) is 4.56. The summed E-state index contributed by atoms with van der Waals surface area (Å²) in [6, 6.07) is 6.26. The molecule has 4 rings (SSSR count). The molecule has 0 bridgehead atoms. The van der Waals surface area contributed by atoms with Gasteiger partial charge in [0, 0.05) is 28.3 Å². The van der Waals surface area contributed by atoms with E-state index in [0.717, 1.165) is 26.9 Å². The van der Waals surface area contributed by atoms with E-state index in [9.17, 15) is 9.18 Å². The highest BCUT2D eigenvalue weighted by molar-refractivity contribution is 9.10. The molecule has 0 spiro atoms. The molecule has 0 unspecified atom stereocenters. The second kappa shape index (κ2) is 10.3. The van der Waals surface area contributed by atoms with Crippen molar-refractivity contribution in [2.24, 2.45) is 4.99 Å². The maximum absolute atomic E-state index is 12.1. The van der Waals surface area contributed by atoms with Gasteiger partial charge in [0.1, 0.15) is 5.82 Å². The summed E-state index contributed by atoms with van der Waals surface area (Å²) in [7, 11) is 2.02. The van der Waals surface area contributed by atoms with Gasteiger partial charge < -0.3 is 9.64 Å². The van der Waals surface area contributed by atoms with Crippen LogP contribution in [0.4, 0.5) is 4.39 Å². The summed E-state index contributed by atoms with van der Waals surface area (Å²) in [4.78, 5) is 23.1. The Morgan fingerprint density at radius 1 is 1.41 bits per heavy atom. The van der Waals surface area contributed by atoms with Crippen molar-refractivity contribution in [3.05, 3.63) is 62.4 Å². The quantitative estimate of drug-likeness (QED) is 0.467. The number of carbonyl (C=O) groups is 1. The largest absolute Gasteiger partial charge is 0.463 e. The average molecular weight is 499 g/mol. The van der Waals surface area contributed by atoms with Crippen LogP contribution in [0.2, 0.25) is 0 Å². The normalized spacial score (nSPS) is 16.6. The van der Waals surface area contributed by atoms with Crippen molar-refractivity contribution in [1.29, 1.82) is 0 Å². The third-order valence-corrected chi connectivity index (χ3v) is 6.23. The minimum atomic E-state index is -0.264. The maximum atomic E-state index is 12.1. The first-order valence-electron chi connectivity index (χ1n) is 8.85. The van der Waals surface area contributed by atoms with E-state index in [1.165, 1.54) is 12.1 Å². The van der Waals surface area contributed by atoms with E-state index in [1.807, 2.05) is 19.4 Å². The van der Waals surface area contributed by atoms with Crippen molar-refractivity contribution in [3.63, 3.8) is 0 Å². The average Bonchev–Trinajstić information content (AvgIpc) is 3.22. The van der Waals surface area contributed by atoms with Crippen LogP contribution >= 0.6 is 39.2 Å². The number of aliphatic imine (C=N–C) groups is 1. The maximum Gasteiger partial charge on any atom is 0.337 e. The van der Waals surface area contributed by atoms with Crippen LogP contribution in [0.5, 0.6) is 0 Å². The van der Waals surface area contributed by atoms with Gasteiger partial charge in [-0.05, 0) is 32.2 Å². The summed E-state index contributed by atoms with van der Waals surface area (Å²) in [6.07, 6.45) is 1.77. The smallest absolute Gasteiger partial charge is 0.337 e. The molecule has 6 nitrogen and oxygen atoms in total. The second-order valence-corrected chi connectivity index (χ2v) is 8.98. The lowest BCUT2D eigenvalue weighted by molar-refractivity contribution is -0.138. The Hall–Kier alpha value is -1.75. The molecule has 1 aromatic heterocycles. The first-order valence-corrected chi connectivity index (χ1v) is 11.5. The van der Waals surface area contributed by atoms with E-state index < -0.39 is 0 Å². The lowest BCUT2D eigenvalue weighted by atomic mass is 10.1. The second-order valence-electron chi connectivity index (χ2n) is 6.03. The molecule has 1 saturated heterocycles. The fourth-order valence-electron chi connectivity index (χ4n) is 2.73. The molecule has 2 aliphatic rings. The number of carbonyl (C=O) groups excluding carboxylic acids is 1. The molecule has 0 amide bonds. The van der Waals surface area contributed by atoms with Crippen LogP contribution < -0.4 is 0 Å². The number of amidine groups is 1. The topological polar surface area (TPSA) is 58.0 Å². The number of hydrogen-bond acceptors (Lipinski definition) is 8. The minimum absolute atomic E-state index is 0.209. The highest BCUT2D eigenvalue weighted by Gasteiger charge is 2.33. The molecule has 3 heterocycles. The van der Waals surface area contributed by atoms with Crippen molar-refractivity contribution in [2.75, 3.05) is 32.6 Å². The van der Waals surface area contributed by atoms with E-state index in [4.69, 9.17) is 4.74 Å². The standard InChI is InChI=1S/C13H16N4O2S2.C6H4BrF/c1-3-19-13(18)9-6-15-11(12-14-4-5-20-12)17-8-21-16(2)7-10(9)17;7-5-2-1-3-6(8)4-5/h4-5H,3,6-8H2,1-2H3;1-4H. The third kappa shape index (κ3) is 5.65. The van der Waals surface area contributed by atoms with Gasteiger partial charge in [-0.15, -0.1) is 11.3 Å². The molecule has 1 aromatic carbocycles. The van der Waals surface area contributed by atoms with Crippen LogP contribution in [0, 0.1) is 5.82 Å². The number of benzene rings is 1. The number of fused-ring (bicyclic) bond motifs is 1. The Labute approximate surface area is 185 Å². The number of thiazole rings is 1. The molecule has 0 atom stereocenters. The van der Waals surface area contributed by atoms with Gasteiger partial charge in [-0.2, -0.15) is 0 Å². The Balaban J connectivity index is 0.000000252. The molecule has 2 aromatic rings. The molecule has 1 fully saturated rings. The van der Waals surface area contributed by atoms with Crippen LogP contribution in [0.1, 0.15) is 11.9 Å². The van der Waals surface area contributed by atoms with Crippen molar-refractivity contribution in [2.45, 2.75) is 6.92 Å². The lowest BCUT2D eigenvalue weighted by Crippen LogP contribution is -2.44.